The van der Waals surface area contributed by atoms with Crippen molar-refractivity contribution in [2.75, 3.05) is 10.6 Å². The average molecular weight is 462 g/mol. The number of carbonyl (C=O) groups excluding carboxylic acids is 2. The number of amides is 2. The second-order valence-electron chi connectivity index (χ2n) is 10.4. The van der Waals surface area contributed by atoms with Gasteiger partial charge in [-0.1, -0.05) is 18.2 Å². The Kier molecular flexibility index (Phi) is 5.95. The Morgan fingerprint density at radius 1 is 0.939 bits per heavy atom. The van der Waals surface area contributed by atoms with Crippen LogP contribution in [0.2, 0.25) is 0 Å². The van der Waals surface area contributed by atoms with E-state index in [1.807, 2.05) is 43.3 Å². The minimum Gasteiger partial charge on any atom is -0.332 e. The average Bonchev–Trinajstić information content (AvgIpc) is 2.74. The predicted octanol–water partition coefficient (Wildman–Crippen LogP) is 5.67. The first-order chi connectivity index (χ1) is 15.9. The minimum atomic E-state index is -0.146. The van der Waals surface area contributed by atoms with Gasteiger partial charge in [-0.15, -0.1) is 0 Å². The van der Waals surface area contributed by atoms with Gasteiger partial charge < -0.3 is 16.0 Å². The van der Waals surface area contributed by atoms with Crippen molar-refractivity contribution < 1.29 is 9.59 Å². The number of thiocarbonyl (C=S) groups is 1. The van der Waals surface area contributed by atoms with E-state index in [4.69, 9.17) is 12.2 Å². The summed E-state index contributed by atoms with van der Waals surface area (Å²) < 4.78 is 0. The van der Waals surface area contributed by atoms with Crippen molar-refractivity contribution in [1.82, 2.24) is 5.32 Å². The standard InChI is InChI=1S/C27H31N3O2S/c1-17-9-22(7-8-23(17)29-25(32)21-5-3-2-4-6-21)28-26(33)30-24(31)16-27-13-18-10-19(14-27)12-20(11-18)15-27/h2-9,18-20H,10-16H2,1H3,(H,29,32)(H2,28,30,31,33). The third kappa shape index (κ3) is 4.96. The lowest BCUT2D eigenvalue weighted by Crippen LogP contribution is -2.48. The van der Waals surface area contributed by atoms with Gasteiger partial charge in [0.25, 0.3) is 5.91 Å². The molecule has 0 aromatic heterocycles. The van der Waals surface area contributed by atoms with E-state index >= 15 is 0 Å². The third-order valence-corrected chi connectivity index (χ3v) is 7.93. The summed E-state index contributed by atoms with van der Waals surface area (Å²) >= 11 is 5.42. The highest BCUT2D eigenvalue weighted by Gasteiger charge is 2.51. The number of aryl methyl sites for hydroxylation is 1. The fourth-order valence-electron chi connectivity index (χ4n) is 6.85. The largest absolute Gasteiger partial charge is 0.332 e. The molecule has 2 aromatic carbocycles. The van der Waals surface area contributed by atoms with Crippen LogP contribution in [0.1, 0.15) is 60.9 Å². The Bertz CT molecular complexity index is 1050. The molecule has 6 heteroatoms. The molecule has 0 radical (unpaired) electrons. The molecule has 4 fully saturated rings. The van der Waals surface area contributed by atoms with E-state index < -0.39 is 0 Å². The molecule has 5 nitrogen and oxygen atoms in total. The molecule has 0 heterocycles. The number of carbonyl (C=O) groups is 2. The molecule has 2 amide bonds. The lowest BCUT2D eigenvalue weighted by Gasteiger charge is -2.56. The number of anilines is 2. The summed E-state index contributed by atoms with van der Waals surface area (Å²) in [6.07, 6.45) is 8.35. The van der Waals surface area contributed by atoms with E-state index in [2.05, 4.69) is 16.0 Å². The molecular weight excluding hydrogens is 430 g/mol. The molecule has 33 heavy (non-hydrogen) atoms. The summed E-state index contributed by atoms with van der Waals surface area (Å²) in [5, 5.41) is 9.29. The molecule has 6 rings (SSSR count). The predicted molar refractivity (Wildman–Crippen MR) is 135 cm³/mol. The molecule has 0 spiro atoms. The summed E-state index contributed by atoms with van der Waals surface area (Å²) in [7, 11) is 0. The van der Waals surface area contributed by atoms with Gasteiger partial charge in [0, 0.05) is 23.4 Å². The Morgan fingerprint density at radius 3 is 2.18 bits per heavy atom. The maximum atomic E-state index is 12.8. The molecular formula is C27H31N3O2S. The Labute approximate surface area is 200 Å². The van der Waals surface area contributed by atoms with Gasteiger partial charge in [0.1, 0.15) is 0 Å². The number of hydrogen-bond donors (Lipinski definition) is 3. The number of hydrogen-bond acceptors (Lipinski definition) is 3. The summed E-state index contributed by atoms with van der Waals surface area (Å²) in [6, 6.07) is 14.7. The SMILES string of the molecule is Cc1cc(NC(=S)NC(=O)CC23CC4CC(CC(C4)C2)C3)ccc1NC(=O)c1ccccc1. The second-order valence-corrected chi connectivity index (χ2v) is 10.9. The number of benzene rings is 2. The van der Waals surface area contributed by atoms with Gasteiger partial charge >= 0.3 is 0 Å². The quantitative estimate of drug-likeness (QED) is 0.502. The molecule has 4 bridgehead atoms. The van der Waals surface area contributed by atoms with Crippen molar-refractivity contribution in [3.8, 4) is 0 Å². The van der Waals surface area contributed by atoms with Crippen LogP contribution in [0.4, 0.5) is 11.4 Å². The molecule has 0 unspecified atom stereocenters. The fraction of sp³-hybridized carbons (Fsp3) is 0.444. The maximum Gasteiger partial charge on any atom is 0.255 e. The minimum absolute atomic E-state index is 0.0258. The van der Waals surface area contributed by atoms with Crippen LogP contribution in [-0.2, 0) is 4.79 Å². The molecule has 2 aromatic rings. The molecule has 4 aliphatic rings. The zero-order valence-corrected chi connectivity index (χ0v) is 19.8. The van der Waals surface area contributed by atoms with Crippen molar-refractivity contribution in [3.05, 3.63) is 59.7 Å². The van der Waals surface area contributed by atoms with E-state index in [-0.39, 0.29) is 17.2 Å². The van der Waals surface area contributed by atoms with Gasteiger partial charge in [0.05, 0.1) is 0 Å². The molecule has 4 aliphatic carbocycles. The topological polar surface area (TPSA) is 70.2 Å². The molecule has 4 saturated carbocycles. The molecule has 172 valence electrons. The lowest BCUT2D eigenvalue weighted by molar-refractivity contribution is -0.127. The van der Waals surface area contributed by atoms with Crippen LogP contribution in [0.25, 0.3) is 0 Å². The highest BCUT2D eigenvalue weighted by Crippen LogP contribution is 2.61. The van der Waals surface area contributed by atoms with Gasteiger partial charge in [0.2, 0.25) is 5.91 Å². The van der Waals surface area contributed by atoms with Crippen molar-refractivity contribution in [3.63, 3.8) is 0 Å². The van der Waals surface area contributed by atoms with Crippen LogP contribution in [0.15, 0.2) is 48.5 Å². The van der Waals surface area contributed by atoms with E-state index in [1.165, 1.54) is 38.5 Å². The summed E-state index contributed by atoms with van der Waals surface area (Å²) in [5.41, 5.74) is 3.24. The zero-order chi connectivity index (χ0) is 23.0. The monoisotopic (exact) mass is 461 g/mol. The van der Waals surface area contributed by atoms with Crippen molar-refractivity contribution in [2.24, 2.45) is 23.2 Å². The molecule has 0 saturated heterocycles. The summed E-state index contributed by atoms with van der Waals surface area (Å²) in [4.78, 5) is 25.2. The normalized spacial score (nSPS) is 27.1. The van der Waals surface area contributed by atoms with Gasteiger partial charge in [-0.3, -0.25) is 9.59 Å². The van der Waals surface area contributed by atoms with Gasteiger partial charge in [-0.05, 0) is 117 Å². The van der Waals surface area contributed by atoms with Gasteiger partial charge in [-0.25, -0.2) is 0 Å². The van der Waals surface area contributed by atoms with Gasteiger partial charge in [-0.2, -0.15) is 0 Å². The summed E-state index contributed by atoms with van der Waals surface area (Å²) in [5.74, 6) is 2.37. The first-order valence-electron chi connectivity index (χ1n) is 12.0. The maximum absolute atomic E-state index is 12.8. The number of nitrogens with one attached hydrogen (secondary N) is 3. The third-order valence-electron chi connectivity index (χ3n) is 7.72. The Balaban J connectivity index is 1.15. The van der Waals surface area contributed by atoms with Crippen molar-refractivity contribution in [1.29, 1.82) is 0 Å². The van der Waals surface area contributed by atoms with Crippen LogP contribution >= 0.6 is 12.2 Å². The van der Waals surface area contributed by atoms with E-state index in [1.54, 1.807) is 12.1 Å². The number of rotatable bonds is 5. The van der Waals surface area contributed by atoms with E-state index in [0.29, 0.717) is 17.1 Å². The zero-order valence-electron chi connectivity index (χ0n) is 19.0. The van der Waals surface area contributed by atoms with Crippen LogP contribution in [-0.4, -0.2) is 16.9 Å². The van der Waals surface area contributed by atoms with Crippen LogP contribution in [0.5, 0.6) is 0 Å². The van der Waals surface area contributed by atoms with E-state index in [0.717, 1.165) is 34.7 Å². The molecule has 0 atom stereocenters. The summed E-state index contributed by atoms with van der Waals surface area (Å²) in [6.45, 7) is 1.93. The lowest BCUT2D eigenvalue weighted by atomic mass is 9.49. The smallest absolute Gasteiger partial charge is 0.255 e. The first-order valence-corrected chi connectivity index (χ1v) is 12.4. The fourth-order valence-corrected chi connectivity index (χ4v) is 7.08. The van der Waals surface area contributed by atoms with E-state index in [9.17, 15) is 9.59 Å². The highest BCUT2D eigenvalue weighted by molar-refractivity contribution is 7.80. The molecule has 0 aliphatic heterocycles. The van der Waals surface area contributed by atoms with Crippen molar-refractivity contribution in [2.45, 2.75) is 51.9 Å². The van der Waals surface area contributed by atoms with Crippen LogP contribution in [0.3, 0.4) is 0 Å². The first kappa shape index (κ1) is 22.1. The van der Waals surface area contributed by atoms with Crippen molar-refractivity contribution >= 4 is 40.5 Å². The van der Waals surface area contributed by atoms with Crippen LogP contribution < -0.4 is 16.0 Å². The Hall–Kier alpha value is -2.73. The van der Waals surface area contributed by atoms with Crippen LogP contribution in [0, 0.1) is 30.1 Å². The second kappa shape index (κ2) is 8.90. The molecule has 3 N–H and O–H groups in total. The highest BCUT2D eigenvalue weighted by atomic mass is 32.1. The Morgan fingerprint density at radius 2 is 1.58 bits per heavy atom. The van der Waals surface area contributed by atoms with Gasteiger partial charge in [0.15, 0.2) is 5.11 Å².